The highest BCUT2D eigenvalue weighted by atomic mass is 35.5. The summed E-state index contributed by atoms with van der Waals surface area (Å²) in [5.74, 6) is -0.145. The van der Waals surface area contributed by atoms with E-state index < -0.39 is 6.04 Å². The predicted octanol–water partition coefficient (Wildman–Crippen LogP) is 3.68. The topological polar surface area (TPSA) is 80.0 Å². The van der Waals surface area contributed by atoms with E-state index in [1.165, 1.54) is 0 Å². The Balaban J connectivity index is 0.00000242. The van der Waals surface area contributed by atoms with Gasteiger partial charge in [0.05, 0.1) is 11.7 Å². The van der Waals surface area contributed by atoms with Crippen LogP contribution in [0.25, 0.3) is 0 Å². The van der Waals surface area contributed by atoms with Crippen molar-refractivity contribution in [2.45, 2.75) is 32.7 Å². The molecule has 1 atom stereocenters. The Bertz CT molecular complexity index is 600. The van der Waals surface area contributed by atoms with Crippen LogP contribution in [0.3, 0.4) is 0 Å². The summed E-state index contributed by atoms with van der Waals surface area (Å²) in [6.45, 7) is 3.97. The third kappa shape index (κ3) is 5.29. The van der Waals surface area contributed by atoms with Gasteiger partial charge in [-0.25, -0.2) is 4.98 Å². The number of anilines is 3. The fourth-order valence-electron chi connectivity index (χ4n) is 1.85. The van der Waals surface area contributed by atoms with Crippen molar-refractivity contribution in [2.24, 2.45) is 5.73 Å². The Morgan fingerprint density at radius 3 is 2.50 bits per heavy atom. The highest BCUT2D eigenvalue weighted by Gasteiger charge is 2.12. The zero-order valence-electron chi connectivity index (χ0n) is 12.6. The monoisotopic (exact) mass is 340 g/mol. The summed E-state index contributed by atoms with van der Waals surface area (Å²) in [4.78, 5) is 16.2. The fourth-order valence-corrected chi connectivity index (χ4v) is 2.56. The lowest BCUT2D eigenvalue weighted by Crippen LogP contribution is -2.35. The quantitative estimate of drug-likeness (QED) is 0.749. The largest absolute Gasteiger partial charge is 0.332 e. The molecule has 1 aromatic heterocycles. The molecule has 7 heteroatoms. The summed E-state index contributed by atoms with van der Waals surface area (Å²) < 4.78 is 0. The van der Waals surface area contributed by atoms with E-state index in [1.54, 1.807) is 11.3 Å². The van der Waals surface area contributed by atoms with Crippen LogP contribution in [-0.2, 0) is 4.79 Å². The number of hydrogen-bond donors (Lipinski definition) is 3. The van der Waals surface area contributed by atoms with Crippen LogP contribution < -0.4 is 16.4 Å². The summed E-state index contributed by atoms with van der Waals surface area (Å²) >= 11 is 1.56. The Hall–Kier alpha value is -1.63. The molecular weight excluding hydrogens is 320 g/mol. The van der Waals surface area contributed by atoms with Gasteiger partial charge in [-0.3, -0.25) is 4.79 Å². The van der Waals surface area contributed by atoms with Crippen LogP contribution in [0.1, 0.15) is 25.5 Å². The van der Waals surface area contributed by atoms with Crippen molar-refractivity contribution in [3.8, 4) is 0 Å². The molecule has 0 radical (unpaired) electrons. The molecule has 0 fully saturated rings. The first-order valence-corrected chi connectivity index (χ1v) is 7.82. The van der Waals surface area contributed by atoms with E-state index in [0.29, 0.717) is 6.42 Å². The van der Waals surface area contributed by atoms with Crippen molar-refractivity contribution in [3.05, 3.63) is 35.3 Å². The molecule has 1 amide bonds. The molecule has 5 nitrogen and oxygen atoms in total. The van der Waals surface area contributed by atoms with Crippen LogP contribution >= 0.6 is 23.7 Å². The molecule has 0 spiro atoms. The Morgan fingerprint density at radius 1 is 1.32 bits per heavy atom. The molecule has 0 saturated heterocycles. The summed E-state index contributed by atoms with van der Waals surface area (Å²) in [6, 6.07) is 7.04. The van der Waals surface area contributed by atoms with E-state index in [4.69, 9.17) is 5.73 Å². The van der Waals surface area contributed by atoms with Gasteiger partial charge in [0, 0.05) is 16.8 Å². The molecule has 0 aliphatic rings. The van der Waals surface area contributed by atoms with Gasteiger partial charge in [0.1, 0.15) is 0 Å². The van der Waals surface area contributed by atoms with E-state index in [1.807, 2.05) is 43.5 Å². The van der Waals surface area contributed by atoms with Gasteiger partial charge in [0.25, 0.3) is 0 Å². The van der Waals surface area contributed by atoms with E-state index in [-0.39, 0.29) is 18.3 Å². The SMILES string of the molecule is CCCC(N)C(=O)Nc1ccc(Nc2nc(C)cs2)cc1.Cl. The molecule has 22 heavy (non-hydrogen) atoms. The molecule has 2 aromatic rings. The molecule has 0 aliphatic carbocycles. The zero-order chi connectivity index (χ0) is 15.2. The van der Waals surface area contributed by atoms with Crippen LogP contribution in [0.2, 0.25) is 0 Å². The number of amides is 1. The van der Waals surface area contributed by atoms with Crippen LogP contribution in [0.15, 0.2) is 29.6 Å². The van der Waals surface area contributed by atoms with Crippen molar-refractivity contribution < 1.29 is 4.79 Å². The summed E-state index contributed by atoms with van der Waals surface area (Å²) in [5, 5.41) is 8.88. The van der Waals surface area contributed by atoms with Gasteiger partial charge in [0.2, 0.25) is 5.91 Å². The number of hydrogen-bond acceptors (Lipinski definition) is 5. The van der Waals surface area contributed by atoms with Crippen molar-refractivity contribution in [1.82, 2.24) is 4.98 Å². The number of benzene rings is 1. The molecule has 4 N–H and O–H groups in total. The van der Waals surface area contributed by atoms with E-state index in [0.717, 1.165) is 28.6 Å². The first-order valence-electron chi connectivity index (χ1n) is 6.94. The van der Waals surface area contributed by atoms with Gasteiger partial charge in [-0.2, -0.15) is 0 Å². The molecule has 0 aliphatic heterocycles. The highest BCUT2D eigenvalue weighted by Crippen LogP contribution is 2.22. The number of aryl methyl sites for hydroxylation is 1. The minimum absolute atomic E-state index is 0. The lowest BCUT2D eigenvalue weighted by Gasteiger charge is -2.11. The number of halogens is 1. The van der Waals surface area contributed by atoms with Gasteiger partial charge in [-0.1, -0.05) is 13.3 Å². The van der Waals surface area contributed by atoms with Crippen LogP contribution in [-0.4, -0.2) is 16.9 Å². The maximum atomic E-state index is 11.8. The van der Waals surface area contributed by atoms with Gasteiger partial charge in [-0.15, -0.1) is 23.7 Å². The van der Waals surface area contributed by atoms with Gasteiger partial charge >= 0.3 is 0 Å². The number of carbonyl (C=O) groups is 1. The average Bonchev–Trinajstić information content (AvgIpc) is 2.86. The second kappa shape index (κ2) is 8.73. The molecule has 1 aromatic carbocycles. The number of aromatic nitrogens is 1. The minimum atomic E-state index is -0.453. The van der Waals surface area contributed by atoms with Crippen LogP contribution in [0, 0.1) is 6.92 Å². The maximum Gasteiger partial charge on any atom is 0.241 e. The molecule has 1 unspecified atom stereocenters. The Morgan fingerprint density at radius 2 is 1.95 bits per heavy atom. The first kappa shape index (κ1) is 18.4. The number of rotatable bonds is 6. The number of thiazole rings is 1. The van der Waals surface area contributed by atoms with Crippen molar-refractivity contribution in [1.29, 1.82) is 0 Å². The molecule has 0 saturated carbocycles. The first-order chi connectivity index (χ1) is 10.1. The Kier molecular flexibility index (Phi) is 7.31. The molecule has 2 rings (SSSR count). The highest BCUT2D eigenvalue weighted by molar-refractivity contribution is 7.13. The third-order valence-electron chi connectivity index (χ3n) is 2.96. The number of nitrogens with two attached hydrogens (primary N) is 1. The van der Waals surface area contributed by atoms with E-state index in [2.05, 4.69) is 15.6 Å². The lowest BCUT2D eigenvalue weighted by atomic mass is 10.1. The van der Waals surface area contributed by atoms with E-state index >= 15 is 0 Å². The molecule has 120 valence electrons. The summed E-state index contributed by atoms with van der Waals surface area (Å²) in [6.07, 6.45) is 1.58. The van der Waals surface area contributed by atoms with Crippen molar-refractivity contribution in [2.75, 3.05) is 10.6 Å². The standard InChI is InChI=1S/C15H20N4OS.ClH/c1-3-4-13(16)14(20)18-11-5-7-12(8-6-11)19-15-17-10(2)9-21-15;/h5-9,13H,3-4,16H2,1-2H3,(H,17,19)(H,18,20);1H. The third-order valence-corrected chi connectivity index (χ3v) is 3.83. The number of nitrogens with one attached hydrogen (secondary N) is 2. The molecular formula is C15H21ClN4OS. The second-order valence-corrected chi connectivity index (χ2v) is 5.74. The lowest BCUT2D eigenvalue weighted by molar-refractivity contribution is -0.117. The van der Waals surface area contributed by atoms with E-state index in [9.17, 15) is 4.79 Å². The van der Waals surface area contributed by atoms with Gasteiger partial charge in [0.15, 0.2) is 5.13 Å². The molecule has 1 heterocycles. The maximum absolute atomic E-state index is 11.8. The van der Waals surface area contributed by atoms with Gasteiger partial charge < -0.3 is 16.4 Å². The van der Waals surface area contributed by atoms with Crippen LogP contribution in [0.4, 0.5) is 16.5 Å². The molecule has 0 bridgehead atoms. The van der Waals surface area contributed by atoms with Gasteiger partial charge in [-0.05, 0) is 37.6 Å². The fraction of sp³-hybridized carbons (Fsp3) is 0.333. The zero-order valence-corrected chi connectivity index (χ0v) is 14.3. The summed E-state index contributed by atoms with van der Waals surface area (Å²) in [7, 11) is 0. The summed E-state index contributed by atoms with van der Waals surface area (Å²) in [5.41, 5.74) is 8.45. The van der Waals surface area contributed by atoms with Crippen molar-refractivity contribution >= 4 is 46.2 Å². The minimum Gasteiger partial charge on any atom is -0.332 e. The predicted molar refractivity (Wildman–Crippen MR) is 95.3 cm³/mol. The van der Waals surface area contributed by atoms with Crippen LogP contribution in [0.5, 0.6) is 0 Å². The smallest absolute Gasteiger partial charge is 0.241 e. The normalized spacial score (nSPS) is 11.4. The second-order valence-electron chi connectivity index (χ2n) is 4.88. The average molecular weight is 341 g/mol. The number of nitrogens with zero attached hydrogens (tertiary/aromatic N) is 1. The number of carbonyl (C=O) groups excluding carboxylic acids is 1. The Labute approximate surface area is 140 Å². The van der Waals surface area contributed by atoms with Crippen molar-refractivity contribution in [3.63, 3.8) is 0 Å².